The SMILES string of the molecule is O=C(O)CCc1cccc(-c2noc(=O)[nH]2)c1. The number of aryl methyl sites for hydroxylation is 1. The normalized spacial score (nSPS) is 10.4. The zero-order valence-corrected chi connectivity index (χ0v) is 8.84. The summed E-state index contributed by atoms with van der Waals surface area (Å²) in [6.07, 6.45) is 0.504. The minimum absolute atomic E-state index is 0.0682. The molecule has 0 aliphatic heterocycles. The van der Waals surface area contributed by atoms with Gasteiger partial charge in [-0.05, 0) is 18.1 Å². The second-order valence-electron chi connectivity index (χ2n) is 3.54. The van der Waals surface area contributed by atoms with Gasteiger partial charge < -0.3 is 5.11 Å². The van der Waals surface area contributed by atoms with E-state index in [0.717, 1.165) is 5.56 Å². The van der Waals surface area contributed by atoms with Crippen LogP contribution in [0.3, 0.4) is 0 Å². The van der Waals surface area contributed by atoms with E-state index in [9.17, 15) is 9.59 Å². The number of nitrogens with one attached hydrogen (secondary N) is 1. The van der Waals surface area contributed by atoms with Crippen LogP contribution in [0.4, 0.5) is 0 Å². The van der Waals surface area contributed by atoms with E-state index in [1.54, 1.807) is 18.2 Å². The van der Waals surface area contributed by atoms with Crippen LogP contribution in [0, 0.1) is 0 Å². The quantitative estimate of drug-likeness (QED) is 0.824. The van der Waals surface area contributed by atoms with Gasteiger partial charge in [0.1, 0.15) is 0 Å². The highest BCUT2D eigenvalue weighted by atomic mass is 16.5. The topological polar surface area (TPSA) is 96.2 Å². The average molecular weight is 234 g/mol. The van der Waals surface area contributed by atoms with Gasteiger partial charge in [-0.25, -0.2) is 4.79 Å². The summed E-state index contributed by atoms with van der Waals surface area (Å²) in [7, 11) is 0. The van der Waals surface area contributed by atoms with Crippen molar-refractivity contribution in [1.82, 2.24) is 10.1 Å². The Labute approximate surface area is 95.9 Å². The summed E-state index contributed by atoms with van der Waals surface area (Å²) < 4.78 is 4.40. The average Bonchev–Trinajstić information content (AvgIpc) is 2.74. The first-order valence-electron chi connectivity index (χ1n) is 5.02. The number of hydrogen-bond donors (Lipinski definition) is 2. The molecular weight excluding hydrogens is 224 g/mol. The Bertz CT molecular complexity index is 585. The third-order valence-electron chi connectivity index (χ3n) is 2.27. The lowest BCUT2D eigenvalue weighted by Crippen LogP contribution is -1.98. The highest BCUT2D eigenvalue weighted by Crippen LogP contribution is 2.16. The van der Waals surface area contributed by atoms with Crippen LogP contribution in [0.25, 0.3) is 11.4 Å². The number of nitrogens with zero attached hydrogens (tertiary/aromatic N) is 1. The zero-order chi connectivity index (χ0) is 12.3. The number of aromatic nitrogens is 2. The maximum absolute atomic E-state index is 10.8. The standard InChI is InChI=1S/C11H10N2O4/c14-9(15)5-4-7-2-1-3-8(6-7)10-12-11(16)17-13-10/h1-3,6H,4-5H2,(H,14,15)(H,12,13,16). The minimum atomic E-state index is -0.842. The van der Waals surface area contributed by atoms with Gasteiger partial charge in [-0.2, -0.15) is 0 Å². The summed E-state index contributed by atoms with van der Waals surface area (Å²) in [5.74, 6) is -1.12. The summed E-state index contributed by atoms with van der Waals surface area (Å²) in [5.41, 5.74) is 1.56. The second kappa shape index (κ2) is 4.65. The molecule has 1 heterocycles. The first-order valence-corrected chi connectivity index (χ1v) is 5.02. The van der Waals surface area contributed by atoms with Crippen molar-refractivity contribution in [2.24, 2.45) is 0 Å². The van der Waals surface area contributed by atoms with E-state index in [1.165, 1.54) is 0 Å². The molecule has 6 nitrogen and oxygen atoms in total. The maximum Gasteiger partial charge on any atom is 0.439 e. The predicted octanol–water partition coefficient (Wildman–Crippen LogP) is 1.05. The molecular formula is C11H10N2O4. The molecule has 1 aromatic carbocycles. The van der Waals surface area contributed by atoms with Crippen molar-refractivity contribution in [3.63, 3.8) is 0 Å². The molecule has 2 rings (SSSR count). The van der Waals surface area contributed by atoms with Crippen molar-refractivity contribution >= 4 is 5.97 Å². The van der Waals surface area contributed by atoms with Gasteiger partial charge >= 0.3 is 11.7 Å². The summed E-state index contributed by atoms with van der Waals surface area (Å²) in [6.45, 7) is 0. The van der Waals surface area contributed by atoms with Crippen molar-refractivity contribution in [1.29, 1.82) is 0 Å². The number of hydrogen-bond acceptors (Lipinski definition) is 4. The number of rotatable bonds is 4. The van der Waals surface area contributed by atoms with Crippen molar-refractivity contribution in [2.45, 2.75) is 12.8 Å². The molecule has 2 N–H and O–H groups in total. The molecule has 6 heteroatoms. The fourth-order valence-electron chi connectivity index (χ4n) is 1.48. The van der Waals surface area contributed by atoms with Crippen LogP contribution in [-0.2, 0) is 11.2 Å². The number of carboxylic acid groups (broad SMARTS) is 1. The number of carbonyl (C=O) groups is 1. The van der Waals surface area contributed by atoms with Gasteiger partial charge in [0, 0.05) is 12.0 Å². The molecule has 0 atom stereocenters. The largest absolute Gasteiger partial charge is 0.481 e. The Hall–Kier alpha value is -2.37. The number of aliphatic carboxylic acids is 1. The lowest BCUT2D eigenvalue weighted by molar-refractivity contribution is -0.136. The molecule has 0 fully saturated rings. The summed E-state index contributed by atoms with van der Waals surface area (Å²) in [5, 5.41) is 12.2. The molecule has 0 amide bonds. The molecule has 0 saturated heterocycles. The lowest BCUT2D eigenvalue weighted by atomic mass is 10.1. The smallest absolute Gasteiger partial charge is 0.439 e. The van der Waals surface area contributed by atoms with Crippen molar-refractivity contribution in [3.05, 3.63) is 40.4 Å². The summed E-state index contributed by atoms with van der Waals surface area (Å²) >= 11 is 0. The minimum Gasteiger partial charge on any atom is -0.481 e. The molecule has 0 aliphatic rings. The Morgan fingerprint density at radius 3 is 2.94 bits per heavy atom. The first-order chi connectivity index (χ1) is 8.15. The Kier molecular flexibility index (Phi) is 3.04. The lowest BCUT2D eigenvalue weighted by Gasteiger charge is -2.00. The molecule has 0 spiro atoms. The third kappa shape index (κ3) is 2.81. The van der Waals surface area contributed by atoms with E-state index in [4.69, 9.17) is 5.11 Å². The molecule has 0 saturated carbocycles. The van der Waals surface area contributed by atoms with E-state index in [-0.39, 0.29) is 6.42 Å². The molecule has 17 heavy (non-hydrogen) atoms. The van der Waals surface area contributed by atoms with Crippen LogP contribution in [-0.4, -0.2) is 21.2 Å². The molecule has 88 valence electrons. The van der Waals surface area contributed by atoms with Crippen molar-refractivity contribution in [3.8, 4) is 11.4 Å². The Morgan fingerprint density at radius 2 is 2.29 bits per heavy atom. The van der Waals surface area contributed by atoms with E-state index in [0.29, 0.717) is 17.8 Å². The highest BCUT2D eigenvalue weighted by Gasteiger charge is 2.05. The summed E-state index contributed by atoms with van der Waals surface area (Å²) in [6, 6.07) is 7.14. The molecule has 1 aromatic heterocycles. The van der Waals surface area contributed by atoms with Gasteiger partial charge in [0.25, 0.3) is 0 Å². The third-order valence-corrected chi connectivity index (χ3v) is 2.27. The van der Waals surface area contributed by atoms with Gasteiger partial charge in [-0.3, -0.25) is 14.3 Å². The van der Waals surface area contributed by atoms with Gasteiger partial charge in [-0.1, -0.05) is 23.4 Å². The van der Waals surface area contributed by atoms with Gasteiger partial charge in [0.15, 0.2) is 5.82 Å². The van der Waals surface area contributed by atoms with Crippen LogP contribution in [0.1, 0.15) is 12.0 Å². The van der Waals surface area contributed by atoms with Crippen LogP contribution >= 0.6 is 0 Å². The Balaban J connectivity index is 2.22. The fourth-order valence-corrected chi connectivity index (χ4v) is 1.48. The van der Waals surface area contributed by atoms with Crippen molar-refractivity contribution < 1.29 is 14.4 Å². The summed E-state index contributed by atoms with van der Waals surface area (Å²) in [4.78, 5) is 23.7. The molecule has 2 aromatic rings. The number of benzene rings is 1. The highest BCUT2D eigenvalue weighted by molar-refractivity contribution is 5.67. The predicted molar refractivity (Wildman–Crippen MR) is 58.5 cm³/mol. The molecule has 0 bridgehead atoms. The van der Waals surface area contributed by atoms with Crippen LogP contribution in [0.5, 0.6) is 0 Å². The van der Waals surface area contributed by atoms with Gasteiger partial charge in [0.2, 0.25) is 0 Å². The number of H-pyrrole nitrogens is 1. The number of aromatic amines is 1. The second-order valence-corrected chi connectivity index (χ2v) is 3.54. The van der Waals surface area contributed by atoms with E-state index in [2.05, 4.69) is 14.7 Å². The molecule has 0 aliphatic carbocycles. The first kappa shape index (κ1) is 11.1. The van der Waals surface area contributed by atoms with Gasteiger partial charge in [0.05, 0.1) is 0 Å². The Morgan fingerprint density at radius 1 is 1.47 bits per heavy atom. The van der Waals surface area contributed by atoms with Crippen LogP contribution in [0.2, 0.25) is 0 Å². The number of carboxylic acids is 1. The molecule has 0 unspecified atom stereocenters. The van der Waals surface area contributed by atoms with Crippen LogP contribution in [0.15, 0.2) is 33.6 Å². The van der Waals surface area contributed by atoms with Crippen LogP contribution < -0.4 is 5.76 Å². The van der Waals surface area contributed by atoms with Gasteiger partial charge in [-0.15, -0.1) is 0 Å². The van der Waals surface area contributed by atoms with E-state index in [1.807, 2.05) is 6.07 Å². The van der Waals surface area contributed by atoms with Crippen molar-refractivity contribution in [2.75, 3.05) is 0 Å². The van der Waals surface area contributed by atoms with E-state index >= 15 is 0 Å². The van der Waals surface area contributed by atoms with E-state index < -0.39 is 11.7 Å². The maximum atomic E-state index is 10.8. The molecule has 0 radical (unpaired) electrons. The zero-order valence-electron chi connectivity index (χ0n) is 8.84. The monoisotopic (exact) mass is 234 g/mol. The fraction of sp³-hybridized carbons (Fsp3) is 0.182.